The average molecular weight is 268 g/mol. The van der Waals surface area contributed by atoms with Crippen molar-refractivity contribution in [2.24, 2.45) is 0 Å². The predicted octanol–water partition coefficient (Wildman–Crippen LogP) is 4.15. The van der Waals surface area contributed by atoms with Gasteiger partial charge in [-0.3, -0.25) is 4.79 Å². The summed E-state index contributed by atoms with van der Waals surface area (Å²) in [6, 6.07) is 16.3. The maximum Gasteiger partial charge on any atom is 0.173 e. The molecule has 2 aromatic carbocycles. The number of carbonyl (C=O) groups excluding carboxylic acids is 1. The first-order valence-corrected chi connectivity index (χ1v) is 7.64. The Morgan fingerprint density at radius 2 is 1.79 bits per heavy atom. The molecule has 0 fully saturated rings. The molecule has 0 spiro atoms. The smallest absolute Gasteiger partial charge is 0.173 e. The number of aryl methyl sites for hydroxylation is 2. The molecule has 0 N–H and O–H groups in total. The maximum atomic E-state index is 12.2. The summed E-state index contributed by atoms with van der Waals surface area (Å²) >= 11 is 1.61. The third kappa shape index (κ3) is 2.90. The molecule has 2 heteroatoms. The molecule has 0 aliphatic heterocycles. The summed E-state index contributed by atoms with van der Waals surface area (Å²) in [7, 11) is 0. The van der Waals surface area contributed by atoms with Gasteiger partial charge in [0.05, 0.1) is 5.75 Å². The summed E-state index contributed by atoms with van der Waals surface area (Å²) in [6.07, 6.45) is 3.52. The SMILES string of the molecule is O=C(CSc1ccccc1)c1ccc2c(c1)CCC2. The molecule has 0 heterocycles. The van der Waals surface area contributed by atoms with Gasteiger partial charge in [0.25, 0.3) is 0 Å². The van der Waals surface area contributed by atoms with Gasteiger partial charge >= 0.3 is 0 Å². The van der Waals surface area contributed by atoms with Crippen molar-refractivity contribution < 1.29 is 4.79 Å². The summed E-state index contributed by atoms with van der Waals surface area (Å²) in [5.74, 6) is 0.742. The van der Waals surface area contributed by atoms with E-state index < -0.39 is 0 Å². The third-order valence-electron chi connectivity index (χ3n) is 3.53. The predicted molar refractivity (Wildman–Crippen MR) is 80.0 cm³/mol. The molecule has 1 aliphatic rings. The van der Waals surface area contributed by atoms with E-state index in [2.05, 4.69) is 12.1 Å². The van der Waals surface area contributed by atoms with E-state index in [1.165, 1.54) is 24.0 Å². The fraction of sp³-hybridized carbons (Fsp3) is 0.235. The molecule has 0 amide bonds. The standard InChI is InChI=1S/C17H16OS/c18-17(12-19-16-7-2-1-3-8-16)15-10-9-13-5-4-6-14(13)11-15/h1-3,7-11H,4-6,12H2. The van der Waals surface area contributed by atoms with Gasteiger partial charge in [0, 0.05) is 10.5 Å². The summed E-state index contributed by atoms with van der Waals surface area (Å²) in [4.78, 5) is 13.3. The first-order chi connectivity index (χ1) is 9.33. The van der Waals surface area contributed by atoms with E-state index in [1.54, 1.807) is 11.8 Å². The van der Waals surface area contributed by atoms with E-state index in [9.17, 15) is 4.79 Å². The molecule has 3 rings (SSSR count). The highest BCUT2D eigenvalue weighted by atomic mass is 32.2. The number of benzene rings is 2. The molecule has 2 aromatic rings. The van der Waals surface area contributed by atoms with Gasteiger partial charge in [-0.1, -0.05) is 30.3 Å². The molecule has 0 aromatic heterocycles. The molecule has 0 atom stereocenters. The van der Waals surface area contributed by atoms with Crippen LogP contribution in [0.3, 0.4) is 0 Å². The second-order valence-corrected chi connectivity index (χ2v) is 5.91. The quantitative estimate of drug-likeness (QED) is 0.612. The van der Waals surface area contributed by atoms with E-state index in [-0.39, 0.29) is 5.78 Å². The topological polar surface area (TPSA) is 17.1 Å². The van der Waals surface area contributed by atoms with Crippen LogP contribution in [0.2, 0.25) is 0 Å². The Hall–Kier alpha value is -1.54. The van der Waals surface area contributed by atoms with Crippen LogP contribution in [0, 0.1) is 0 Å². The number of Topliss-reactive ketones (excluding diaryl/α,β-unsaturated/α-hetero) is 1. The zero-order valence-corrected chi connectivity index (χ0v) is 11.6. The van der Waals surface area contributed by atoms with Crippen molar-refractivity contribution in [3.8, 4) is 0 Å². The lowest BCUT2D eigenvalue weighted by molar-refractivity contribution is 0.102. The zero-order valence-electron chi connectivity index (χ0n) is 10.8. The Kier molecular flexibility index (Phi) is 3.69. The van der Waals surface area contributed by atoms with Gasteiger partial charge < -0.3 is 0 Å². The lowest BCUT2D eigenvalue weighted by Crippen LogP contribution is -2.03. The summed E-state index contributed by atoms with van der Waals surface area (Å²) < 4.78 is 0. The summed E-state index contributed by atoms with van der Waals surface area (Å²) in [5, 5.41) is 0. The second kappa shape index (κ2) is 5.62. The fourth-order valence-corrected chi connectivity index (χ4v) is 3.31. The van der Waals surface area contributed by atoms with Gasteiger partial charge in [-0.15, -0.1) is 11.8 Å². The second-order valence-electron chi connectivity index (χ2n) is 4.86. The molecule has 0 saturated heterocycles. The van der Waals surface area contributed by atoms with Crippen LogP contribution >= 0.6 is 11.8 Å². The molecule has 0 unspecified atom stereocenters. The molecule has 19 heavy (non-hydrogen) atoms. The lowest BCUT2D eigenvalue weighted by atomic mass is 10.0. The molecule has 0 saturated carbocycles. The van der Waals surface area contributed by atoms with Crippen molar-refractivity contribution >= 4 is 17.5 Å². The zero-order chi connectivity index (χ0) is 13.1. The minimum Gasteiger partial charge on any atom is -0.293 e. The number of fused-ring (bicyclic) bond motifs is 1. The van der Waals surface area contributed by atoms with Crippen LogP contribution in [0.15, 0.2) is 53.4 Å². The van der Waals surface area contributed by atoms with Crippen LogP contribution in [-0.2, 0) is 12.8 Å². The van der Waals surface area contributed by atoms with Gasteiger partial charge in [-0.25, -0.2) is 0 Å². The number of thioether (sulfide) groups is 1. The highest BCUT2D eigenvalue weighted by Crippen LogP contribution is 2.24. The number of carbonyl (C=O) groups is 1. The van der Waals surface area contributed by atoms with Crippen molar-refractivity contribution in [1.82, 2.24) is 0 Å². The maximum absolute atomic E-state index is 12.2. The Morgan fingerprint density at radius 1 is 1.00 bits per heavy atom. The molecule has 1 aliphatic carbocycles. The lowest BCUT2D eigenvalue weighted by Gasteiger charge is -2.04. The van der Waals surface area contributed by atoms with E-state index >= 15 is 0 Å². The van der Waals surface area contributed by atoms with E-state index in [0.717, 1.165) is 16.9 Å². The van der Waals surface area contributed by atoms with E-state index in [4.69, 9.17) is 0 Å². The van der Waals surface area contributed by atoms with Gasteiger partial charge in [0.15, 0.2) is 5.78 Å². The van der Waals surface area contributed by atoms with Crippen molar-refractivity contribution in [3.05, 3.63) is 65.2 Å². The van der Waals surface area contributed by atoms with Crippen LogP contribution in [0.4, 0.5) is 0 Å². The van der Waals surface area contributed by atoms with E-state index in [0.29, 0.717) is 5.75 Å². The minimum absolute atomic E-state index is 0.226. The third-order valence-corrected chi connectivity index (χ3v) is 4.55. The van der Waals surface area contributed by atoms with Crippen LogP contribution < -0.4 is 0 Å². The average Bonchev–Trinajstić information content (AvgIpc) is 2.93. The first kappa shape index (κ1) is 12.5. The Morgan fingerprint density at radius 3 is 2.63 bits per heavy atom. The van der Waals surface area contributed by atoms with Gasteiger partial charge in [-0.05, 0) is 48.6 Å². The Balaban J connectivity index is 1.67. The Labute approximate surface area is 118 Å². The number of hydrogen-bond donors (Lipinski definition) is 0. The highest BCUT2D eigenvalue weighted by molar-refractivity contribution is 8.00. The van der Waals surface area contributed by atoms with Crippen molar-refractivity contribution in [2.75, 3.05) is 5.75 Å². The summed E-state index contributed by atoms with van der Waals surface area (Å²) in [6.45, 7) is 0. The number of rotatable bonds is 4. The van der Waals surface area contributed by atoms with Crippen molar-refractivity contribution in [1.29, 1.82) is 0 Å². The van der Waals surface area contributed by atoms with Crippen molar-refractivity contribution in [2.45, 2.75) is 24.2 Å². The highest BCUT2D eigenvalue weighted by Gasteiger charge is 2.13. The first-order valence-electron chi connectivity index (χ1n) is 6.66. The van der Waals surface area contributed by atoms with Crippen LogP contribution in [-0.4, -0.2) is 11.5 Å². The van der Waals surface area contributed by atoms with Crippen molar-refractivity contribution in [3.63, 3.8) is 0 Å². The van der Waals surface area contributed by atoms with Gasteiger partial charge in [-0.2, -0.15) is 0 Å². The molecule has 96 valence electrons. The van der Waals surface area contributed by atoms with Gasteiger partial charge in [0.2, 0.25) is 0 Å². The Bertz CT molecular complexity index is 589. The van der Waals surface area contributed by atoms with Crippen LogP contribution in [0.25, 0.3) is 0 Å². The molecule has 0 radical (unpaired) electrons. The normalized spacial score (nSPS) is 13.3. The molecular formula is C17H16OS. The van der Waals surface area contributed by atoms with Crippen LogP contribution in [0.5, 0.6) is 0 Å². The molecular weight excluding hydrogens is 252 g/mol. The van der Waals surface area contributed by atoms with Crippen LogP contribution in [0.1, 0.15) is 27.9 Å². The number of ketones is 1. The number of hydrogen-bond acceptors (Lipinski definition) is 2. The van der Waals surface area contributed by atoms with Gasteiger partial charge in [0.1, 0.15) is 0 Å². The fourth-order valence-electron chi connectivity index (χ4n) is 2.49. The molecule has 0 bridgehead atoms. The molecule has 1 nitrogen and oxygen atoms in total. The summed E-state index contributed by atoms with van der Waals surface area (Å²) in [5.41, 5.74) is 3.66. The largest absolute Gasteiger partial charge is 0.293 e. The monoisotopic (exact) mass is 268 g/mol. The van der Waals surface area contributed by atoms with E-state index in [1.807, 2.05) is 36.4 Å². The minimum atomic E-state index is 0.226.